The Bertz CT molecular complexity index is 2130. The number of carbonyl (C=O) groups is 3. The number of hydrogen-bond acceptors (Lipinski definition) is 7. The number of pyridine rings is 1. The normalized spacial score (nSPS) is 16.2. The average Bonchev–Trinajstić information content (AvgIpc) is 3.49. The lowest BCUT2D eigenvalue weighted by molar-refractivity contribution is -0.000511. The number of ketones is 1. The van der Waals surface area contributed by atoms with E-state index < -0.39 is 5.82 Å². The highest BCUT2D eigenvalue weighted by molar-refractivity contribution is 7.17. The highest BCUT2D eigenvalue weighted by Gasteiger charge is 2.45. The standard InChI is InChI=1S/C40H35FN4O4S/c1-25-20-31(37(42-22-25)44-23-40(24-44)15-18-49-19-16-40)38(47)43-28-12-10-26(11-13-28)39(48)45-17-14-27-21-34(35(46)29-6-2-4-8-32(29)41)50-36(27)30-7-3-5-9-33(30)45/h2-13,20-22H,14-19,23-24H2,1H3,(H,43,47). The Hall–Kier alpha value is -5.19. The minimum Gasteiger partial charge on any atom is -0.381 e. The first-order valence-corrected chi connectivity index (χ1v) is 17.6. The molecule has 50 heavy (non-hydrogen) atoms. The zero-order valence-corrected chi connectivity index (χ0v) is 28.4. The molecule has 2 amide bonds. The fraction of sp³-hybridized carbons (Fsp3) is 0.250. The number of anilines is 3. The molecule has 252 valence electrons. The minimum absolute atomic E-state index is 0.0456. The largest absolute Gasteiger partial charge is 0.381 e. The molecule has 10 heteroatoms. The van der Waals surface area contributed by atoms with E-state index in [0.717, 1.165) is 66.4 Å². The monoisotopic (exact) mass is 686 g/mol. The van der Waals surface area contributed by atoms with E-state index >= 15 is 0 Å². The summed E-state index contributed by atoms with van der Waals surface area (Å²) in [6.45, 7) is 5.62. The molecule has 0 radical (unpaired) electrons. The summed E-state index contributed by atoms with van der Waals surface area (Å²) < 4.78 is 20.0. The summed E-state index contributed by atoms with van der Waals surface area (Å²) in [4.78, 5) is 50.8. The molecule has 2 fully saturated rings. The van der Waals surface area contributed by atoms with Gasteiger partial charge in [-0.3, -0.25) is 14.4 Å². The van der Waals surface area contributed by atoms with Crippen LogP contribution in [-0.2, 0) is 11.2 Å². The first-order chi connectivity index (χ1) is 24.3. The van der Waals surface area contributed by atoms with Gasteiger partial charge in [-0.1, -0.05) is 30.3 Å². The van der Waals surface area contributed by atoms with E-state index in [2.05, 4.69) is 15.2 Å². The Kier molecular flexibility index (Phi) is 8.28. The lowest BCUT2D eigenvalue weighted by Crippen LogP contribution is -2.59. The molecule has 2 saturated heterocycles. The van der Waals surface area contributed by atoms with E-state index in [-0.39, 0.29) is 28.6 Å². The van der Waals surface area contributed by atoms with Crippen molar-refractivity contribution < 1.29 is 23.5 Å². The third-order valence-corrected chi connectivity index (χ3v) is 11.2. The van der Waals surface area contributed by atoms with E-state index in [1.807, 2.05) is 43.3 Å². The van der Waals surface area contributed by atoms with Crippen LogP contribution < -0.4 is 15.1 Å². The van der Waals surface area contributed by atoms with Gasteiger partial charge in [0, 0.05) is 66.2 Å². The Morgan fingerprint density at radius 1 is 0.920 bits per heavy atom. The zero-order chi connectivity index (χ0) is 34.4. The molecule has 1 spiro atoms. The molecule has 5 heterocycles. The second kappa shape index (κ2) is 12.9. The molecule has 2 aromatic heterocycles. The Morgan fingerprint density at radius 2 is 1.66 bits per heavy atom. The molecule has 0 atom stereocenters. The summed E-state index contributed by atoms with van der Waals surface area (Å²) in [6, 6.07) is 24.3. The maximum Gasteiger partial charge on any atom is 0.259 e. The number of aryl methyl sites for hydroxylation is 1. The molecule has 0 aliphatic carbocycles. The van der Waals surface area contributed by atoms with Gasteiger partial charge in [0.2, 0.25) is 5.78 Å². The van der Waals surface area contributed by atoms with Crippen molar-refractivity contribution in [3.8, 4) is 10.4 Å². The number of nitrogens with one attached hydrogen (secondary N) is 1. The average molecular weight is 687 g/mol. The van der Waals surface area contributed by atoms with Crippen LogP contribution in [0.25, 0.3) is 10.4 Å². The molecular weight excluding hydrogens is 652 g/mol. The number of halogens is 1. The molecule has 3 aromatic carbocycles. The molecular formula is C40H35FN4O4S. The van der Waals surface area contributed by atoms with Crippen LogP contribution in [0.5, 0.6) is 0 Å². The summed E-state index contributed by atoms with van der Waals surface area (Å²) in [7, 11) is 0. The molecule has 3 aliphatic heterocycles. The van der Waals surface area contributed by atoms with Crippen molar-refractivity contribution in [3.05, 3.63) is 130 Å². The summed E-state index contributed by atoms with van der Waals surface area (Å²) >= 11 is 1.33. The highest BCUT2D eigenvalue weighted by Crippen LogP contribution is 2.44. The van der Waals surface area contributed by atoms with Crippen LogP contribution in [-0.4, -0.2) is 55.4 Å². The molecule has 0 unspecified atom stereocenters. The molecule has 0 saturated carbocycles. The number of aromatic nitrogens is 1. The first-order valence-electron chi connectivity index (χ1n) is 16.8. The zero-order valence-electron chi connectivity index (χ0n) is 27.6. The van der Waals surface area contributed by atoms with Crippen molar-refractivity contribution in [2.45, 2.75) is 26.2 Å². The second-order valence-corrected chi connectivity index (χ2v) is 14.4. The van der Waals surface area contributed by atoms with Crippen molar-refractivity contribution in [3.63, 3.8) is 0 Å². The van der Waals surface area contributed by atoms with Gasteiger partial charge in [-0.15, -0.1) is 11.3 Å². The number of ether oxygens (including phenoxy) is 1. The quantitative estimate of drug-likeness (QED) is 0.186. The van der Waals surface area contributed by atoms with Crippen LogP contribution in [0.4, 0.5) is 21.6 Å². The Morgan fingerprint density at radius 3 is 2.44 bits per heavy atom. The van der Waals surface area contributed by atoms with Crippen LogP contribution in [0.15, 0.2) is 91.1 Å². The second-order valence-electron chi connectivity index (χ2n) is 13.4. The van der Waals surface area contributed by atoms with Crippen LogP contribution in [0.2, 0.25) is 0 Å². The molecule has 5 aromatic rings. The predicted octanol–water partition coefficient (Wildman–Crippen LogP) is 7.56. The minimum atomic E-state index is -0.545. The van der Waals surface area contributed by atoms with E-state index in [4.69, 9.17) is 4.74 Å². The van der Waals surface area contributed by atoms with Gasteiger partial charge in [-0.25, -0.2) is 9.37 Å². The SMILES string of the molecule is Cc1cnc(N2CC3(CCOCC3)C2)c(C(=O)Nc2ccc(C(=O)N3CCc4cc(C(=O)c5ccccc5F)sc4-c4ccccc43)cc2)c1. The number of thiophene rings is 1. The van der Waals surface area contributed by atoms with Gasteiger partial charge in [0.05, 0.1) is 21.7 Å². The number of carbonyl (C=O) groups excluding carboxylic acids is 3. The van der Waals surface area contributed by atoms with Crippen LogP contribution >= 0.6 is 11.3 Å². The lowest BCUT2D eigenvalue weighted by atomic mass is 9.73. The third-order valence-electron chi connectivity index (χ3n) is 9.98. The summed E-state index contributed by atoms with van der Waals surface area (Å²) in [5, 5.41) is 3.01. The van der Waals surface area contributed by atoms with Crippen molar-refractivity contribution in [2.75, 3.05) is 48.0 Å². The predicted molar refractivity (Wildman–Crippen MR) is 193 cm³/mol. The van der Waals surface area contributed by atoms with E-state index in [9.17, 15) is 18.8 Å². The summed E-state index contributed by atoms with van der Waals surface area (Å²) in [6.07, 6.45) is 4.38. The van der Waals surface area contributed by atoms with Gasteiger partial charge < -0.3 is 19.9 Å². The molecule has 0 bridgehead atoms. The number of rotatable bonds is 6. The smallest absolute Gasteiger partial charge is 0.259 e. The van der Waals surface area contributed by atoms with Crippen molar-refractivity contribution in [2.24, 2.45) is 5.41 Å². The van der Waals surface area contributed by atoms with Gasteiger partial charge in [0.1, 0.15) is 11.6 Å². The fourth-order valence-electron chi connectivity index (χ4n) is 7.26. The van der Waals surface area contributed by atoms with Crippen LogP contribution in [0.3, 0.4) is 0 Å². The lowest BCUT2D eigenvalue weighted by Gasteiger charge is -2.53. The fourth-order valence-corrected chi connectivity index (χ4v) is 8.46. The number of hydrogen-bond donors (Lipinski definition) is 1. The summed E-state index contributed by atoms with van der Waals surface area (Å²) in [5.41, 5.74) is 5.32. The van der Waals surface area contributed by atoms with Crippen LogP contribution in [0.1, 0.15) is 59.9 Å². The number of fused-ring (bicyclic) bond motifs is 3. The molecule has 8 rings (SSSR count). The molecule has 1 N–H and O–H groups in total. The number of para-hydroxylation sites is 1. The van der Waals surface area contributed by atoms with Gasteiger partial charge in [0.15, 0.2) is 0 Å². The van der Waals surface area contributed by atoms with E-state index in [1.165, 1.54) is 23.5 Å². The van der Waals surface area contributed by atoms with Crippen LogP contribution in [0, 0.1) is 18.2 Å². The third kappa shape index (κ3) is 5.88. The molecule has 3 aliphatic rings. The van der Waals surface area contributed by atoms with E-state index in [0.29, 0.717) is 40.5 Å². The number of benzene rings is 3. The Labute approximate surface area is 293 Å². The van der Waals surface area contributed by atoms with Gasteiger partial charge >= 0.3 is 0 Å². The highest BCUT2D eigenvalue weighted by atomic mass is 32.1. The number of amides is 2. The Balaban J connectivity index is 0.990. The van der Waals surface area contributed by atoms with Gasteiger partial charge in [0.25, 0.3) is 11.8 Å². The topological polar surface area (TPSA) is 91.8 Å². The molecule has 8 nitrogen and oxygen atoms in total. The first kappa shape index (κ1) is 32.0. The maximum absolute atomic E-state index is 14.4. The summed E-state index contributed by atoms with van der Waals surface area (Å²) in [5.74, 6) is -0.621. The van der Waals surface area contributed by atoms with Gasteiger partial charge in [-0.05, 0) is 91.9 Å². The van der Waals surface area contributed by atoms with Gasteiger partial charge in [-0.2, -0.15) is 0 Å². The maximum atomic E-state index is 14.4. The van der Waals surface area contributed by atoms with Crippen molar-refractivity contribution >= 4 is 46.1 Å². The van der Waals surface area contributed by atoms with E-state index in [1.54, 1.807) is 47.5 Å². The van der Waals surface area contributed by atoms with Crippen molar-refractivity contribution in [1.29, 1.82) is 0 Å². The number of nitrogens with zero attached hydrogens (tertiary/aromatic N) is 3. The van der Waals surface area contributed by atoms with Crippen molar-refractivity contribution in [1.82, 2.24) is 4.98 Å².